The van der Waals surface area contributed by atoms with Gasteiger partial charge in [0.2, 0.25) is 0 Å². The Morgan fingerprint density at radius 3 is 2.39 bits per heavy atom. The van der Waals surface area contributed by atoms with Gasteiger partial charge in [-0.3, -0.25) is 9.59 Å². The molecule has 6 heteroatoms. The van der Waals surface area contributed by atoms with Gasteiger partial charge in [0.05, 0.1) is 12.2 Å². The van der Waals surface area contributed by atoms with E-state index in [-0.39, 0.29) is 47.6 Å². The minimum Gasteiger partial charge on any atom is -0.393 e. The minimum atomic E-state index is -1.58. The number of fused-ring (bicyclic) bond motifs is 5. The monoisotopic (exact) mass is 466 g/mol. The molecule has 190 valence electrons. The lowest BCUT2D eigenvalue weighted by molar-refractivity contribution is -0.180. The van der Waals surface area contributed by atoms with Crippen LogP contribution in [0.5, 0.6) is 0 Å². The molecule has 0 saturated heterocycles. The molecular weight excluding hydrogens is 420 g/mol. The maximum Gasteiger partial charge on any atom is 0.190 e. The zero-order chi connectivity index (χ0) is 24.6. The molecule has 9 atom stereocenters. The first-order valence-electron chi connectivity index (χ1n) is 13.2. The van der Waals surface area contributed by atoms with Gasteiger partial charge in [-0.1, -0.05) is 34.1 Å². The molecule has 0 spiro atoms. The van der Waals surface area contributed by atoms with Gasteiger partial charge in [0.15, 0.2) is 5.78 Å². The second-order valence-corrected chi connectivity index (χ2v) is 11.8. The van der Waals surface area contributed by atoms with Gasteiger partial charge in [-0.05, 0) is 81.0 Å². The van der Waals surface area contributed by atoms with Crippen molar-refractivity contribution in [1.82, 2.24) is 0 Å². The van der Waals surface area contributed by atoms with E-state index >= 15 is 0 Å². The number of carbonyl (C=O) groups excluding carboxylic acids is 2. The predicted molar refractivity (Wildman–Crippen MR) is 126 cm³/mol. The highest BCUT2D eigenvalue weighted by atomic mass is 16.3. The number of rotatable bonds is 5. The van der Waals surface area contributed by atoms with Gasteiger partial charge in [-0.25, -0.2) is 0 Å². The third-order valence-corrected chi connectivity index (χ3v) is 10.2. The van der Waals surface area contributed by atoms with Gasteiger partial charge >= 0.3 is 0 Å². The molecule has 1 unspecified atom stereocenters. The van der Waals surface area contributed by atoms with E-state index in [0.717, 1.165) is 57.8 Å². The van der Waals surface area contributed by atoms with Crippen molar-refractivity contribution in [2.75, 3.05) is 6.61 Å². The summed E-state index contributed by atoms with van der Waals surface area (Å²) in [6.45, 7) is 7.55. The largest absolute Gasteiger partial charge is 0.393 e. The van der Waals surface area contributed by atoms with Crippen molar-refractivity contribution in [1.29, 1.82) is 0 Å². The van der Waals surface area contributed by atoms with Crippen LogP contribution in [-0.4, -0.2) is 56.4 Å². The van der Waals surface area contributed by atoms with Crippen molar-refractivity contribution in [2.24, 2.45) is 34.5 Å². The van der Waals surface area contributed by atoms with E-state index in [9.17, 15) is 24.9 Å². The topological polar surface area (TPSA) is 115 Å². The minimum absolute atomic E-state index is 0.0154. The smallest absolute Gasteiger partial charge is 0.190 e. The first kappa shape index (κ1) is 26.8. The van der Waals surface area contributed by atoms with Gasteiger partial charge in [0, 0.05) is 17.8 Å². The Morgan fingerprint density at radius 2 is 1.82 bits per heavy atom. The summed E-state index contributed by atoms with van der Waals surface area (Å²) < 4.78 is 0. The molecule has 4 N–H and O–H groups in total. The van der Waals surface area contributed by atoms with Crippen molar-refractivity contribution in [3.05, 3.63) is 0 Å². The molecule has 33 heavy (non-hydrogen) atoms. The van der Waals surface area contributed by atoms with Crippen molar-refractivity contribution in [3.8, 4) is 0 Å². The molecule has 0 aliphatic heterocycles. The average molecular weight is 467 g/mol. The number of hydrogen-bond acceptors (Lipinski definition) is 6. The number of aliphatic hydroxyl groups excluding tert-OH is 3. The molecule has 0 aromatic rings. The molecule has 4 aliphatic rings. The lowest BCUT2D eigenvalue weighted by Gasteiger charge is -2.60. The first-order chi connectivity index (χ1) is 15.5. The Balaban J connectivity index is 0.000000383. The Labute approximate surface area is 199 Å². The Hall–Kier alpha value is -0.820. The molecular formula is C27H46O6. The lowest BCUT2D eigenvalue weighted by atomic mass is 9.44. The van der Waals surface area contributed by atoms with E-state index < -0.39 is 23.4 Å². The average Bonchev–Trinajstić information content (AvgIpc) is 3.05. The third kappa shape index (κ3) is 4.46. The number of carbonyl (C=O) groups is 2. The molecule has 0 heterocycles. The summed E-state index contributed by atoms with van der Waals surface area (Å²) in [4.78, 5) is 25.7. The van der Waals surface area contributed by atoms with E-state index in [1.807, 2.05) is 13.8 Å². The van der Waals surface area contributed by atoms with Crippen LogP contribution < -0.4 is 0 Å². The summed E-state index contributed by atoms with van der Waals surface area (Å²) in [7, 11) is 0. The van der Waals surface area contributed by atoms with Crippen LogP contribution in [0.3, 0.4) is 0 Å². The highest BCUT2D eigenvalue weighted by molar-refractivity contribution is 5.92. The van der Waals surface area contributed by atoms with Crippen molar-refractivity contribution >= 4 is 11.6 Å². The quantitative estimate of drug-likeness (QED) is 0.494. The number of hydrogen-bond donors (Lipinski definition) is 4. The van der Waals surface area contributed by atoms with Gasteiger partial charge in [0.25, 0.3) is 0 Å². The standard InChI is InChI=1S/C21H32O5.C6H14O/c1-19-7-5-13(23)9-12(19)3-4-14-15-6-8-21(26,17(25)11-22)20(15,2)10-16(24)18(14)19;1-3-5-6(7)4-2/h12-15,18,22-23,26H,3-11H2,1-2H3;6-7H,3-5H2,1-2H3/t12-,13-,14+,15+,18-,19+,20+,21+;/m1./s1. The first-order valence-corrected chi connectivity index (χ1v) is 13.2. The molecule has 4 rings (SSSR count). The highest BCUT2D eigenvalue weighted by Gasteiger charge is 2.68. The highest BCUT2D eigenvalue weighted by Crippen LogP contribution is 2.67. The lowest BCUT2D eigenvalue weighted by Crippen LogP contribution is -2.62. The summed E-state index contributed by atoms with van der Waals surface area (Å²) in [5.41, 5.74) is -2.40. The molecule has 0 aromatic carbocycles. The normalized spacial score (nSPS) is 45.2. The fourth-order valence-electron chi connectivity index (χ4n) is 8.18. The van der Waals surface area contributed by atoms with Crippen LogP contribution in [0.25, 0.3) is 0 Å². The molecule has 0 bridgehead atoms. The predicted octanol–water partition coefficient (Wildman–Crippen LogP) is 3.42. The maximum atomic E-state index is 13.4. The van der Waals surface area contributed by atoms with Crippen LogP contribution in [-0.2, 0) is 9.59 Å². The zero-order valence-electron chi connectivity index (χ0n) is 21.1. The van der Waals surface area contributed by atoms with E-state index in [4.69, 9.17) is 5.11 Å². The van der Waals surface area contributed by atoms with Gasteiger partial charge in [-0.15, -0.1) is 0 Å². The molecule has 0 radical (unpaired) electrons. The maximum absolute atomic E-state index is 13.4. The van der Waals surface area contributed by atoms with E-state index in [2.05, 4.69) is 13.8 Å². The van der Waals surface area contributed by atoms with Crippen molar-refractivity contribution < 1.29 is 30.0 Å². The molecule has 4 aliphatic carbocycles. The molecule has 4 saturated carbocycles. The number of ketones is 2. The van der Waals surface area contributed by atoms with Crippen LogP contribution in [0, 0.1) is 34.5 Å². The Bertz CT molecular complexity index is 723. The zero-order valence-corrected chi connectivity index (χ0v) is 21.1. The summed E-state index contributed by atoms with van der Waals surface area (Å²) in [6, 6.07) is 0. The second kappa shape index (κ2) is 10.0. The fraction of sp³-hybridized carbons (Fsp3) is 0.926. The van der Waals surface area contributed by atoms with Crippen LogP contribution >= 0.6 is 0 Å². The summed E-state index contributed by atoms with van der Waals surface area (Å²) in [5, 5.41) is 39.5. The molecule has 0 aromatic heterocycles. The van der Waals surface area contributed by atoms with Crippen LogP contribution in [0.2, 0.25) is 0 Å². The van der Waals surface area contributed by atoms with Crippen LogP contribution in [0.4, 0.5) is 0 Å². The SMILES string of the molecule is CCCC(O)CC.C[C@]12CC[C@@H](O)C[C@H]1CC[C@@H]1[C@@H]2C(=O)C[C@@]2(C)[C@H]1CC[C@]2(O)C(=O)CO. The second-order valence-electron chi connectivity index (χ2n) is 11.8. The van der Waals surface area contributed by atoms with Crippen LogP contribution in [0.15, 0.2) is 0 Å². The van der Waals surface area contributed by atoms with Gasteiger partial charge < -0.3 is 20.4 Å². The molecule has 0 amide bonds. The number of Topliss-reactive ketones (excluding diaryl/α,β-unsaturated/α-hetero) is 2. The van der Waals surface area contributed by atoms with E-state index in [1.165, 1.54) is 0 Å². The Kier molecular flexibility index (Phi) is 8.15. The third-order valence-electron chi connectivity index (χ3n) is 10.2. The summed E-state index contributed by atoms with van der Waals surface area (Å²) in [6.07, 6.45) is 8.37. The van der Waals surface area contributed by atoms with Crippen molar-refractivity contribution in [2.45, 2.75) is 116 Å². The van der Waals surface area contributed by atoms with E-state index in [0.29, 0.717) is 12.3 Å². The van der Waals surface area contributed by atoms with Gasteiger partial charge in [-0.2, -0.15) is 0 Å². The summed E-state index contributed by atoms with van der Waals surface area (Å²) >= 11 is 0. The van der Waals surface area contributed by atoms with Gasteiger partial charge in [0.1, 0.15) is 18.0 Å². The van der Waals surface area contributed by atoms with Crippen molar-refractivity contribution in [3.63, 3.8) is 0 Å². The number of aliphatic hydroxyl groups is 4. The van der Waals surface area contributed by atoms with Crippen LogP contribution in [0.1, 0.15) is 98.3 Å². The Morgan fingerprint density at radius 1 is 1.12 bits per heavy atom. The fourth-order valence-corrected chi connectivity index (χ4v) is 8.18. The molecule has 4 fully saturated rings. The summed E-state index contributed by atoms with van der Waals surface area (Å²) in [5.74, 6) is 0.380. The molecule has 6 nitrogen and oxygen atoms in total. The van der Waals surface area contributed by atoms with E-state index in [1.54, 1.807) is 0 Å².